The number of rotatable bonds is 3. The van der Waals surface area contributed by atoms with E-state index in [1.54, 1.807) is 0 Å². The van der Waals surface area contributed by atoms with E-state index in [1.165, 1.54) is 31.5 Å². The Morgan fingerprint density at radius 2 is 1.75 bits per heavy atom. The summed E-state index contributed by atoms with van der Waals surface area (Å²) in [5, 5.41) is 7.30. The summed E-state index contributed by atoms with van der Waals surface area (Å²) < 4.78 is 0. The van der Waals surface area contributed by atoms with Gasteiger partial charge >= 0.3 is 0 Å². The van der Waals surface area contributed by atoms with Crippen LogP contribution < -0.4 is 5.73 Å². The number of nitrogen functional groups attached to an aromatic ring is 1. The highest BCUT2D eigenvalue weighted by atomic mass is 35.5. The summed E-state index contributed by atoms with van der Waals surface area (Å²) in [6.45, 7) is 3.46. The lowest BCUT2D eigenvalue weighted by Crippen LogP contribution is -2.18. The predicted molar refractivity (Wildman–Crippen MR) is 69.2 cm³/mol. The van der Waals surface area contributed by atoms with E-state index in [4.69, 9.17) is 11.1 Å². The second-order valence-corrected chi connectivity index (χ2v) is 4.09. The zero-order chi connectivity index (χ0) is 10.7. The van der Waals surface area contributed by atoms with Crippen LogP contribution in [-0.4, -0.2) is 23.8 Å². The Labute approximate surface area is 103 Å². The minimum atomic E-state index is 0. The number of amidine groups is 1. The largest absolute Gasteiger partial charge is 0.384 e. The van der Waals surface area contributed by atoms with Gasteiger partial charge in [-0.25, -0.2) is 0 Å². The third kappa shape index (κ3) is 3.22. The van der Waals surface area contributed by atoms with Crippen molar-refractivity contribution in [3.63, 3.8) is 0 Å². The van der Waals surface area contributed by atoms with Crippen LogP contribution in [0.4, 0.5) is 0 Å². The summed E-state index contributed by atoms with van der Waals surface area (Å²) >= 11 is 0. The maximum atomic E-state index is 7.30. The van der Waals surface area contributed by atoms with Crippen LogP contribution in [0.15, 0.2) is 24.3 Å². The molecule has 88 valence electrons. The standard InChI is InChI=1S/C12H17N3.ClH/c13-12(14)11-5-3-10(4-6-11)9-15-7-1-2-8-15;/h3-6H,1-2,7-9H2,(H3,13,14);1H. The Bertz CT molecular complexity index is 342. The maximum Gasteiger partial charge on any atom is 0.122 e. The first-order valence-corrected chi connectivity index (χ1v) is 5.41. The van der Waals surface area contributed by atoms with Crippen molar-refractivity contribution in [2.45, 2.75) is 19.4 Å². The molecule has 0 bridgehead atoms. The van der Waals surface area contributed by atoms with Gasteiger partial charge in [0.15, 0.2) is 0 Å². The first-order valence-electron chi connectivity index (χ1n) is 5.41. The van der Waals surface area contributed by atoms with Crippen LogP contribution in [0.1, 0.15) is 24.0 Å². The number of hydrogen-bond acceptors (Lipinski definition) is 2. The second kappa shape index (κ2) is 5.87. The summed E-state index contributed by atoms with van der Waals surface area (Å²) in [6, 6.07) is 7.98. The normalized spacial score (nSPS) is 15.8. The number of nitrogens with one attached hydrogen (secondary N) is 1. The molecule has 0 radical (unpaired) electrons. The van der Waals surface area contributed by atoms with Crippen molar-refractivity contribution in [1.29, 1.82) is 5.41 Å². The average Bonchev–Trinajstić information content (AvgIpc) is 2.71. The van der Waals surface area contributed by atoms with E-state index in [1.807, 2.05) is 12.1 Å². The van der Waals surface area contributed by atoms with Gasteiger partial charge in [0.2, 0.25) is 0 Å². The number of hydrogen-bond donors (Lipinski definition) is 2. The SMILES string of the molecule is Cl.N=C(N)c1ccc(CN2CCCC2)cc1. The first-order chi connectivity index (χ1) is 7.25. The van der Waals surface area contributed by atoms with Crippen LogP contribution in [-0.2, 0) is 6.54 Å². The molecule has 1 aromatic carbocycles. The van der Waals surface area contributed by atoms with Crippen LogP contribution in [0.2, 0.25) is 0 Å². The number of likely N-dealkylation sites (tertiary alicyclic amines) is 1. The highest BCUT2D eigenvalue weighted by molar-refractivity contribution is 5.94. The zero-order valence-electron chi connectivity index (χ0n) is 9.28. The van der Waals surface area contributed by atoms with Crippen LogP contribution in [0.5, 0.6) is 0 Å². The van der Waals surface area contributed by atoms with Crippen LogP contribution in [0.3, 0.4) is 0 Å². The highest BCUT2D eigenvalue weighted by Gasteiger charge is 2.11. The van der Waals surface area contributed by atoms with E-state index in [-0.39, 0.29) is 18.2 Å². The Kier molecular flexibility index (Phi) is 4.77. The lowest BCUT2D eigenvalue weighted by Gasteiger charge is -2.14. The van der Waals surface area contributed by atoms with Crippen LogP contribution in [0, 0.1) is 5.41 Å². The van der Waals surface area contributed by atoms with Crippen molar-refractivity contribution in [3.05, 3.63) is 35.4 Å². The van der Waals surface area contributed by atoms with Crippen molar-refractivity contribution in [2.24, 2.45) is 5.73 Å². The molecule has 0 saturated carbocycles. The molecule has 1 saturated heterocycles. The van der Waals surface area contributed by atoms with Crippen molar-refractivity contribution >= 4 is 18.2 Å². The van der Waals surface area contributed by atoms with Gasteiger partial charge in [0.25, 0.3) is 0 Å². The van der Waals surface area contributed by atoms with Crippen LogP contribution in [0.25, 0.3) is 0 Å². The quantitative estimate of drug-likeness (QED) is 0.626. The van der Waals surface area contributed by atoms with Crippen molar-refractivity contribution in [2.75, 3.05) is 13.1 Å². The molecule has 0 amide bonds. The molecule has 2 rings (SSSR count). The van der Waals surface area contributed by atoms with E-state index >= 15 is 0 Å². The molecule has 1 aliphatic rings. The lowest BCUT2D eigenvalue weighted by molar-refractivity contribution is 0.331. The Morgan fingerprint density at radius 3 is 2.25 bits per heavy atom. The van der Waals surface area contributed by atoms with Gasteiger partial charge in [-0.2, -0.15) is 0 Å². The summed E-state index contributed by atoms with van der Waals surface area (Å²) in [7, 11) is 0. The fourth-order valence-corrected chi connectivity index (χ4v) is 1.99. The number of nitrogens with zero attached hydrogens (tertiary/aromatic N) is 1. The molecule has 4 heteroatoms. The molecule has 1 fully saturated rings. The zero-order valence-corrected chi connectivity index (χ0v) is 10.1. The summed E-state index contributed by atoms with van der Waals surface area (Å²) in [5.74, 6) is 0.141. The molecule has 0 atom stereocenters. The van der Waals surface area contributed by atoms with E-state index in [0.717, 1.165) is 12.1 Å². The third-order valence-corrected chi connectivity index (χ3v) is 2.87. The average molecular weight is 240 g/mol. The van der Waals surface area contributed by atoms with E-state index in [2.05, 4.69) is 17.0 Å². The van der Waals surface area contributed by atoms with Gasteiger partial charge in [-0.05, 0) is 31.5 Å². The monoisotopic (exact) mass is 239 g/mol. The molecule has 0 unspecified atom stereocenters. The molecule has 3 nitrogen and oxygen atoms in total. The van der Waals surface area contributed by atoms with Gasteiger partial charge in [-0.1, -0.05) is 24.3 Å². The van der Waals surface area contributed by atoms with Gasteiger partial charge in [-0.15, -0.1) is 12.4 Å². The highest BCUT2D eigenvalue weighted by Crippen LogP contribution is 2.13. The topological polar surface area (TPSA) is 53.1 Å². The lowest BCUT2D eigenvalue weighted by atomic mass is 10.1. The molecule has 3 N–H and O–H groups in total. The molecule has 0 spiro atoms. The molecule has 0 aromatic heterocycles. The Hall–Kier alpha value is -1.06. The van der Waals surface area contributed by atoms with Crippen LogP contribution >= 0.6 is 12.4 Å². The van der Waals surface area contributed by atoms with Crippen molar-refractivity contribution in [3.8, 4) is 0 Å². The Morgan fingerprint density at radius 1 is 1.19 bits per heavy atom. The number of nitrogens with two attached hydrogens (primary N) is 1. The summed E-state index contributed by atoms with van der Waals surface area (Å²) in [5.41, 5.74) is 7.51. The van der Waals surface area contributed by atoms with Gasteiger partial charge in [0, 0.05) is 12.1 Å². The molecular weight excluding hydrogens is 222 g/mol. The molecule has 1 heterocycles. The van der Waals surface area contributed by atoms with E-state index < -0.39 is 0 Å². The predicted octanol–water partition coefficient (Wildman–Crippen LogP) is 1.99. The first kappa shape index (κ1) is 13.0. The fourth-order valence-electron chi connectivity index (χ4n) is 1.99. The molecule has 1 aromatic rings. The van der Waals surface area contributed by atoms with Crippen molar-refractivity contribution < 1.29 is 0 Å². The Balaban J connectivity index is 0.00000128. The van der Waals surface area contributed by atoms with E-state index in [9.17, 15) is 0 Å². The van der Waals surface area contributed by atoms with Gasteiger partial charge < -0.3 is 5.73 Å². The fraction of sp³-hybridized carbons (Fsp3) is 0.417. The number of halogens is 1. The maximum absolute atomic E-state index is 7.30. The molecular formula is C12H18ClN3. The molecule has 1 aliphatic heterocycles. The van der Waals surface area contributed by atoms with Crippen molar-refractivity contribution in [1.82, 2.24) is 4.90 Å². The van der Waals surface area contributed by atoms with Gasteiger partial charge in [0.05, 0.1) is 0 Å². The third-order valence-electron chi connectivity index (χ3n) is 2.87. The summed E-state index contributed by atoms with van der Waals surface area (Å²) in [4.78, 5) is 2.46. The minimum Gasteiger partial charge on any atom is -0.384 e. The van der Waals surface area contributed by atoms with Gasteiger partial charge in [0.1, 0.15) is 5.84 Å². The summed E-state index contributed by atoms with van der Waals surface area (Å²) in [6.07, 6.45) is 2.65. The number of benzene rings is 1. The minimum absolute atomic E-state index is 0. The smallest absolute Gasteiger partial charge is 0.122 e. The molecule has 16 heavy (non-hydrogen) atoms. The van der Waals surface area contributed by atoms with Gasteiger partial charge in [-0.3, -0.25) is 10.3 Å². The molecule has 0 aliphatic carbocycles. The second-order valence-electron chi connectivity index (χ2n) is 4.09. The van der Waals surface area contributed by atoms with E-state index in [0.29, 0.717) is 0 Å².